The number of imide groups is 1. The third kappa shape index (κ3) is 5.47. The number of carbonyl (C=O) groups excluding carboxylic acids is 3. The zero-order chi connectivity index (χ0) is 26.8. The number of ether oxygens (including phenoxy) is 1. The van der Waals surface area contributed by atoms with Crippen LogP contribution in [-0.2, 0) is 14.3 Å². The number of rotatable bonds is 6. The number of amides is 3. The van der Waals surface area contributed by atoms with Crippen LogP contribution in [0, 0.1) is 11.8 Å². The van der Waals surface area contributed by atoms with Crippen LogP contribution in [0.4, 0.5) is 19.3 Å². The standard InChI is InChI=1S/C27H35F2N5O4/c1-2-38-27(37)33-13-9-18(10-14-33)15-17-7-11-32(12-8-17)19-3-4-20-22(16-19)34(26(28)29)31-24(20)21-5-6-23(35)30-25(21)36/h3-4,16-18,21,26H,2,5-15H2,1H3,(H,30,35,36). The van der Waals surface area contributed by atoms with Crippen molar-refractivity contribution in [3.63, 3.8) is 0 Å². The van der Waals surface area contributed by atoms with Gasteiger partial charge in [0.1, 0.15) is 0 Å². The van der Waals surface area contributed by atoms with Crippen LogP contribution in [0.3, 0.4) is 0 Å². The minimum Gasteiger partial charge on any atom is -0.450 e. The van der Waals surface area contributed by atoms with Gasteiger partial charge in [0.2, 0.25) is 11.8 Å². The van der Waals surface area contributed by atoms with Crippen molar-refractivity contribution in [2.24, 2.45) is 11.8 Å². The zero-order valence-electron chi connectivity index (χ0n) is 21.7. The SMILES string of the molecule is CCOC(=O)N1CCC(CC2CCN(c3ccc4c(C5CCC(=O)NC5=O)nn(C(F)F)c4c3)CC2)CC1. The van der Waals surface area contributed by atoms with Crippen LogP contribution < -0.4 is 10.2 Å². The summed E-state index contributed by atoms with van der Waals surface area (Å²) in [7, 11) is 0. The van der Waals surface area contributed by atoms with E-state index in [1.807, 2.05) is 13.0 Å². The molecule has 1 aromatic carbocycles. The fourth-order valence-electron chi connectivity index (χ4n) is 6.17. The molecule has 3 aliphatic heterocycles. The number of piperidine rings is 3. The second-order valence-electron chi connectivity index (χ2n) is 10.6. The Labute approximate surface area is 220 Å². The maximum Gasteiger partial charge on any atom is 0.409 e. The topological polar surface area (TPSA) is 96.8 Å². The Balaban J connectivity index is 1.22. The van der Waals surface area contributed by atoms with E-state index in [0.29, 0.717) is 39.7 Å². The van der Waals surface area contributed by atoms with Crippen molar-refractivity contribution in [2.45, 2.75) is 64.3 Å². The monoisotopic (exact) mass is 531 g/mol. The van der Waals surface area contributed by atoms with Gasteiger partial charge in [-0.15, -0.1) is 0 Å². The lowest BCUT2D eigenvalue weighted by atomic mass is 9.83. The Morgan fingerprint density at radius 2 is 1.76 bits per heavy atom. The lowest BCUT2D eigenvalue weighted by molar-refractivity contribution is -0.134. The third-order valence-electron chi connectivity index (χ3n) is 8.26. The van der Waals surface area contributed by atoms with Crippen LogP contribution in [0.5, 0.6) is 0 Å². The number of fused-ring (bicyclic) bond motifs is 1. The van der Waals surface area contributed by atoms with E-state index in [1.54, 1.807) is 17.0 Å². The molecule has 2 aromatic rings. The van der Waals surface area contributed by atoms with Crippen LogP contribution in [0.15, 0.2) is 18.2 Å². The first-order valence-corrected chi connectivity index (χ1v) is 13.6. The summed E-state index contributed by atoms with van der Waals surface area (Å²) in [6.45, 7) is 2.58. The number of nitrogens with zero attached hydrogens (tertiary/aromatic N) is 4. The Hall–Kier alpha value is -3.24. The van der Waals surface area contributed by atoms with E-state index in [-0.39, 0.29) is 24.8 Å². The number of hydrogen-bond donors (Lipinski definition) is 1. The lowest BCUT2D eigenvalue weighted by Gasteiger charge is -2.37. The van der Waals surface area contributed by atoms with Gasteiger partial charge in [-0.05, 0) is 75.5 Å². The van der Waals surface area contributed by atoms with E-state index in [2.05, 4.69) is 15.3 Å². The summed E-state index contributed by atoms with van der Waals surface area (Å²) in [5.41, 5.74) is 1.47. The van der Waals surface area contributed by atoms with Gasteiger partial charge in [0.15, 0.2) is 0 Å². The summed E-state index contributed by atoms with van der Waals surface area (Å²) < 4.78 is 33.6. The first kappa shape index (κ1) is 26.4. The number of likely N-dealkylation sites (tertiary alicyclic amines) is 1. The Kier molecular flexibility index (Phi) is 7.80. The van der Waals surface area contributed by atoms with Crippen molar-refractivity contribution in [2.75, 3.05) is 37.7 Å². The summed E-state index contributed by atoms with van der Waals surface area (Å²) in [6, 6.07) is 5.44. The molecular weight excluding hydrogens is 496 g/mol. The molecule has 1 N–H and O–H groups in total. The quantitative estimate of drug-likeness (QED) is 0.554. The van der Waals surface area contributed by atoms with Gasteiger partial charge in [0, 0.05) is 43.7 Å². The van der Waals surface area contributed by atoms with Gasteiger partial charge in [-0.25, -0.2) is 9.48 Å². The fourth-order valence-corrected chi connectivity index (χ4v) is 6.17. The molecule has 9 nitrogen and oxygen atoms in total. The summed E-state index contributed by atoms with van der Waals surface area (Å²) in [6.07, 6.45) is 5.43. The number of halogens is 2. The Morgan fingerprint density at radius 1 is 1.08 bits per heavy atom. The van der Waals surface area contributed by atoms with Crippen molar-refractivity contribution in [1.82, 2.24) is 20.0 Å². The van der Waals surface area contributed by atoms with Gasteiger partial charge in [-0.2, -0.15) is 13.9 Å². The molecule has 5 rings (SSSR count). The molecule has 0 spiro atoms. The second-order valence-corrected chi connectivity index (χ2v) is 10.6. The van der Waals surface area contributed by atoms with Gasteiger partial charge in [0.25, 0.3) is 0 Å². The number of benzene rings is 1. The summed E-state index contributed by atoms with van der Waals surface area (Å²) in [5, 5.41) is 6.94. The number of carbonyl (C=O) groups is 3. The van der Waals surface area contributed by atoms with Crippen molar-refractivity contribution >= 4 is 34.5 Å². The fraction of sp³-hybridized carbons (Fsp3) is 0.630. The Bertz CT molecular complexity index is 1190. The molecule has 0 bridgehead atoms. The largest absolute Gasteiger partial charge is 0.450 e. The van der Waals surface area contributed by atoms with Crippen molar-refractivity contribution in [3.05, 3.63) is 23.9 Å². The summed E-state index contributed by atoms with van der Waals surface area (Å²) in [5.74, 6) is -0.336. The highest BCUT2D eigenvalue weighted by molar-refractivity contribution is 6.02. The van der Waals surface area contributed by atoms with E-state index < -0.39 is 18.4 Å². The maximum absolute atomic E-state index is 13.9. The van der Waals surface area contributed by atoms with E-state index in [0.717, 1.165) is 64.0 Å². The molecule has 38 heavy (non-hydrogen) atoms. The second kappa shape index (κ2) is 11.2. The van der Waals surface area contributed by atoms with Gasteiger partial charge in [-0.1, -0.05) is 0 Å². The minimum absolute atomic E-state index is 0.164. The number of aromatic nitrogens is 2. The van der Waals surface area contributed by atoms with E-state index >= 15 is 0 Å². The molecule has 0 radical (unpaired) electrons. The molecule has 11 heteroatoms. The molecule has 4 heterocycles. The summed E-state index contributed by atoms with van der Waals surface area (Å²) in [4.78, 5) is 39.9. The van der Waals surface area contributed by atoms with Gasteiger partial charge in [-0.3, -0.25) is 14.9 Å². The number of nitrogens with one attached hydrogen (secondary N) is 1. The number of hydrogen-bond acceptors (Lipinski definition) is 6. The number of alkyl halides is 2. The van der Waals surface area contributed by atoms with Gasteiger partial charge < -0.3 is 14.5 Å². The highest BCUT2D eigenvalue weighted by Gasteiger charge is 2.33. The van der Waals surface area contributed by atoms with Gasteiger partial charge >= 0.3 is 12.6 Å². The predicted octanol–water partition coefficient (Wildman–Crippen LogP) is 4.43. The molecule has 3 fully saturated rings. The minimum atomic E-state index is -2.84. The average Bonchev–Trinajstić information content (AvgIpc) is 3.29. The van der Waals surface area contributed by atoms with Crippen LogP contribution >= 0.6 is 0 Å². The molecular formula is C27H35F2N5O4. The highest BCUT2D eigenvalue weighted by Crippen LogP contribution is 2.36. The lowest BCUT2D eigenvalue weighted by Crippen LogP contribution is -2.40. The van der Waals surface area contributed by atoms with E-state index in [1.165, 1.54) is 0 Å². The van der Waals surface area contributed by atoms with Gasteiger partial charge in [0.05, 0.1) is 23.7 Å². The van der Waals surface area contributed by atoms with Crippen LogP contribution in [-0.4, -0.2) is 65.4 Å². The average molecular weight is 532 g/mol. The smallest absolute Gasteiger partial charge is 0.409 e. The zero-order valence-corrected chi connectivity index (χ0v) is 21.7. The maximum atomic E-state index is 13.9. The van der Waals surface area contributed by atoms with Crippen LogP contribution in [0.2, 0.25) is 0 Å². The molecule has 3 saturated heterocycles. The first-order valence-electron chi connectivity index (χ1n) is 13.6. The van der Waals surface area contributed by atoms with Crippen LogP contribution in [0.25, 0.3) is 10.9 Å². The molecule has 0 aliphatic carbocycles. The van der Waals surface area contributed by atoms with Crippen molar-refractivity contribution < 1.29 is 27.9 Å². The molecule has 1 unspecified atom stereocenters. The predicted molar refractivity (Wildman–Crippen MR) is 137 cm³/mol. The van der Waals surface area contributed by atoms with Crippen molar-refractivity contribution in [1.29, 1.82) is 0 Å². The Morgan fingerprint density at radius 3 is 2.39 bits per heavy atom. The number of anilines is 1. The molecule has 3 amide bonds. The normalized spacial score (nSPS) is 21.8. The highest BCUT2D eigenvalue weighted by atomic mass is 19.3. The molecule has 1 aromatic heterocycles. The summed E-state index contributed by atoms with van der Waals surface area (Å²) >= 11 is 0. The van der Waals surface area contributed by atoms with E-state index in [4.69, 9.17) is 4.74 Å². The molecule has 0 saturated carbocycles. The van der Waals surface area contributed by atoms with E-state index in [9.17, 15) is 23.2 Å². The van der Waals surface area contributed by atoms with Crippen molar-refractivity contribution in [3.8, 4) is 0 Å². The molecule has 1 atom stereocenters. The first-order chi connectivity index (χ1) is 18.3. The third-order valence-corrected chi connectivity index (χ3v) is 8.26. The molecule has 206 valence electrons. The molecule has 3 aliphatic rings. The van der Waals surface area contributed by atoms with Crippen LogP contribution in [0.1, 0.15) is 70.0 Å².